The minimum atomic E-state index is -0.861. The van der Waals surface area contributed by atoms with E-state index in [2.05, 4.69) is 26.5 Å². The molecule has 1 fully saturated rings. The van der Waals surface area contributed by atoms with Crippen LogP contribution in [0.2, 0.25) is 0 Å². The topological polar surface area (TPSA) is 69.2 Å². The van der Waals surface area contributed by atoms with Crippen LogP contribution in [0.15, 0.2) is 58.1 Å². The molecular weight excluding hydrogens is 412 g/mol. The van der Waals surface area contributed by atoms with Crippen molar-refractivity contribution in [2.75, 3.05) is 13.2 Å². The van der Waals surface area contributed by atoms with Gasteiger partial charge in [0.1, 0.15) is 12.4 Å². The van der Waals surface area contributed by atoms with Crippen LogP contribution in [0, 0.1) is 0 Å². The van der Waals surface area contributed by atoms with Crippen molar-refractivity contribution in [2.24, 2.45) is 5.10 Å². The van der Waals surface area contributed by atoms with Crippen molar-refractivity contribution >= 4 is 28.1 Å². The van der Waals surface area contributed by atoms with Crippen LogP contribution in [0.4, 0.5) is 0 Å². The van der Waals surface area contributed by atoms with Gasteiger partial charge in [-0.2, -0.15) is 5.10 Å². The summed E-state index contributed by atoms with van der Waals surface area (Å²) in [5.74, 6) is -0.396. The third-order valence-electron chi connectivity index (χ3n) is 3.96. The van der Waals surface area contributed by atoms with Crippen molar-refractivity contribution in [3.05, 3.63) is 64.1 Å². The van der Waals surface area contributed by atoms with Gasteiger partial charge in [0.2, 0.25) is 5.91 Å². The first-order chi connectivity index (χ1) is 13.0. The Kier molecular flexibility index (Phi) is 6.60. The van der Waals surface area contributed by atoms with Gasteiger partial charge in [-0.05, 0) is 42.3 Å². The number of hydrogen-bond acceptors (Lipinski definition) is 5. The molecule has 3 rings (SSSR count). The Balaban J connectivity index is 1.50. The number of benzene rings is 2. The van der Waals surface area contributed by atoms with E-state index in [1.807, 2.05) is 48.5 Å². The summed E-state index contributed by atoms with van der Waals surface area (Å²) < 4.78 is 17.7. The highest BCUT2D eigenvalue weighted by molar-refractivity contribution is 9.10. The molecule has 142 valence electrons. The number of carbonyl (C=O) groups is 1. The minimum absolute atomic E-state index is 0.0979. The number of nitrogens with one attached hydrogen (secondary N) is 1. The van der Waals surface area contributed by atoms with Crippen molar-refractivity contribution in [1.29, 1.82) is 0 Å². The highest BCUT2D eigenvalue weighted by atomic mass is 79.9. The summed E-state index contributed by atoms with van der Waals surface area (Å²) in [5.41, 5.74) is 4.39. The zero-order valence-electron chi connectivity index (χ0n) is 15.0. The van der Waals surface area contributed by atoms with Gasteiger partial charge in [0.15, 0.2) is 5.79 Å². The van der Waals surface area contributed by atoms with Gasteiger partial charge in [-0.1, -0.05) is 40.2 Å². The maximum atomic E-state index is 11.9. The molecule has 0 spiro atoms. The molecule has 6 nitrogen and oxygen atoms in total. The lowest BCUT2D eigenvalue weighted by molar-refractivity contribution is -0.159. The van der Waals surface area contributed by atoms with Crippen molar-refractivity contribution in [1.82, 2.24) is 5.43 Å². The van der Waals surface area contributed by atoms with E-state index >= 15 is 0 Å². The number of hydrogen-bond donors (Lipinski definition) is 1. The fourth-order valence-electron chi connectivity index (χ4n) is 2.60. The van der Waals surface area contributed by atoms with E-state index in [1.165, 1.54) is 0 Å². The fourth-order valence-corrected chi connectivity index (χ4v) is 2.87. The quantitative estimate of drug-likeness (QED) is 0.535. The summed E-state index contributed by atoms with van der Waals surface area (Å²) in [4.78, 5) is 11.9. The van der Waals surface area contributed by atoms with Gasteiger partial charge in [-0.15, -0.1) is 0 Å². The highest BCUT2D eigenvalue weighted by Gasteiger charge is 2.33. The number of rotatable bonds is 7. The molecular formula is C20H21BrN2O4. The molecule has 1 aliphatic heterocycles. The van der Waals surface area contributed by atoms with Crippen molar-refractivity contribution in [2.45, 2.75) is 25.7 Å². The molecule has 1 amide bonds. The zero-order valence-corrected chi connectivity index (χ0v) is 16.6. The van der Waals surface area contributed by atoms with E-state index < -0.39 is 5.79 Å². The third kappa shape index (κ3) is 6.16. The van der Waals surface area contributed by atoms with E-state index in [4.69, 9.17) is 14.2 Å². The van der Waals surface area contributed by atoms with Crippen molar-refractivity contribution in [3.8, 4) is 5.75 Å². The Morgan fingerprint density at radius 2 is 2.00 bits per heavy atom. The molecule has 0 saturated carbocycles. The first-order valence-corrected chi connectivity index (χ1v) is 9.39. The molecule has 1 N–H and O–H groups in total. The van der Waals surface area contributed by atoms with Crippen molar-refractivity contribution in [3.63, 3.8) is 0 Å². The van der Waals surface area contributed by atoms with Crippen LogP contribution in [0.5, 0.6) is 5.75 Å². The number of carbonyl (C=O) groups excluding carboxylic acids is 1. The van der Waals surface area contributed by atoms with Gasteiger partial charge < -0.3 is 14.2 Å². The Morgan fingerprint density at radius 1 is 1.26 bits per heavy atom. The molecule has 0 aliphatic carbocycles. The average molecular weight is 433 g/mol. The number of nitrogens with zero attached hydrogens (tertiary/aromatic N) is 1. The lowest BCUT2D eigenvalue weighted by Gasteiger charge is -2.20. The zero-order chi connectivity index (χ0) is 19.1. The van der Waals surface area contributed by atoms with Crippen LogP contribution in [0.1, 0.15) is 24.5 Å². The average Bonchev–Trinajstić information content (AvgIpc) is 3.07. The normalized spacial score (nSPS) is 15.8. The summed E-state index contributed by atoms with van der Waals surface area (Å²) >= 11 is 3.41. The fraction of sp³-hybridized carbons (Fsp3) is 0.300. The molecule has 0 bridgehead atoms. The first kappa shape index (κ1) is 19.5. The van der Waals surface area contributed by atoms with E-state index in [9.17, 15) is 4.79 Å². The largest absolute Gasteiger partial charge is 0.489 e. The molecule has 1 saturated heterocycles. The Labute approximate surface area is 166 Å². The van der Waals surface area contributed by atoms with E-state index in [0.29, 0.717) is 19.8 Å². The number of amides is 1. The third-order valence-corrected chi connectivity index (χ3v) is 4.49. The Bertz CT molecular complexity index is 802. The van der Waals surface area contributed by atoms with Crippen LogP contribution in [0.3, 0.4) is 0 Å². The monoisotopic (exact) mass is 432 g/mol. The number of halogens is 1. The van der Waals surface area contributed by atoms with Crippen LogP contribution in [-0.2, 0) is 20.9 Å². The second kappa shape index (κ2) is 9.12. The second-order valence-corrected chi connectivity index (χ2v) is 7.20. The summed E-state index contributed by atoms with van der Waals surface area (Å²) in [5, 5.41) is 3.99. The van der Waals surface area contributed by atoms with E-state index in [1.54, 1.807) is 13.1 Å². The molecule has 1 heterocycles. The summed E-state index contributed by atoms with van der Waals surface area (Å²) in [6.07, 6.45) is 1.67. The molecule has 2 aromatic rings. The standard InChI is InChI=1S/C20H21BrN2O4/c1-20(26-9-10-27-20)12-19(24)23-22-13-16-3-2-4-18(11-16)25-14-15-5-7-17(21)8-6-15/h2-8,11,13H,9-10,12,14H2,1H3,(H,23,24)/b22-13-. The maximum Gasteiger partial charge on any atom is 0.245 e. The molecule has 2 aromatic carbocycles. The molecule has 7 heteroatoms. The van der Waals surface area contributed by atoms with Gasteiger partial charge in [0.05, 0.1) is 25.8 Å². The molecule has 27 heavy (non-hydrogen) atoms. The van der Waals surface area contributed by atoms with Gasteiger partial charge in [0, 0.05) is 4.47 Å². The predicted octanol–water partition coefficient (Wildman–Crippen LogP) is 3.63. The highest BCUT2D eigenvalue weighted by Crippen LogP contribution is 2.22. The van der Waals surface area contributed by atoms with Crippen LogP contribution < -0.4 is 10.2 Å². The molecule has 1 aliphatic rings. The lowest BCUT2D eigenvalue weighted by Crippen LogP contribution is -2.33. The Morgan fingerprint density at radius 3 is 2.74 bits per heavy atom. The summed E-state index contributed by atoms with van der Waals surface area (Å²) in [7, 11) is 0. The SMILES string of the molecule is CC1(CC(=O)N/N=C\c2cccc(OCc3ccc(Br)cc3)c2)OCCO1. The van der Waals surface area contributed by atoms with E-state index in [-0.39, 0.29) is 12.3 Å². The number of hydrazone groups is 1. The number of ether oxygens (including phenoxy) is 3. The molecule has 0 unspecified atom stereocenters. The Hall–Kier alpha value is -2.22. The second-order valence-electron chi connectivity index (χ2n) is 6.29. The van der Waals surface area contributed by atoms with Gasteiger partial charge in [0.25, 0.3) is 0 Å². The smallest absolute Gasteiger partial charge is 0.245 e. The minimum Gasteiger partial charge on any atom is -0.489 e. The van der Waals surface area contributed by atoms with Gasteiger partial charge in [-0.25, -0.2) is 5.43 Å². The maximum absolute atomic E-state index is 11.9. The van der Waals surface area contributed by atoms with Crippen LogP contribution >= 0.6 is 15.9 Å². The predicted molar refractivity (Wildman–Crippen MR) is 106 cm³/mol. The molecule has 0 radical (unpaired) electrons. The van der Waals surface area contributed by atoms with Gasteiger partial charge >= 0.3 is 0 Å². The summed E-state index contributed by atoms with van der Waals surface area (Å²) in [6, 6.07) is 15.5. The van der Waals surface area contributed by atoms with Crippen LogP contribution in [-0.4, -0.2) is 31.1 Å². The van der Waals surface area contributed by atoms with Gasteiger partial charge in [-0.3, -0.25) is 4.79 Å². The van der Waals surface area contributed by atoms with Crippen molar-refractivity contribution < 1.29 is 19.0 Å². The molecule has 0 atom stereocenters. The first-order valence-electron chi connectivity index (χ1n) is 8.60. The molecule has 0 aromatic heterocycles. The van der Waals surface area contributed by atoms with Crippen LogP contribution in [0.25, 0.3) is 0 Å². The van der Waals surface area contributed by atoms with E-state index in [0.717, 1.165) is 21.3 Å². The summed E-state index contributed by atoms with van der Waals surface area (Å²) in [6.45, 7) is 3.22. The lowest BCUT2D eigenvalue weighted by atomic mass is 10.2.